The molecule has 0 saturated carbocycles. The Morgan fingerprint density at radius 1 is 1.44 bits per heavy atom. The Hall–Kier alpha value is -1.35. The smallest absolute Gasteiger partial charge is 0.254 e. The fourth-order valence-corrected chi connectivity index (χ4v) is 2.66. The van der Waals surface area contributed by atoms with Gasteiger partial charge in [0, 0.05) is 24.8 Å². The third-order valence-corrected chi connectivity index (χ3v) is 3.62. The Balaban J connectivity index is 2.15. The average molecular weight is 247 g/mol. The van der Waals surface area contributed by atoms with Crippen molar-refractivity contribution >= 4 is 5.91 Å². The van der Waals surface area contributed by atoms with Crippen LogP contribution in [0.1, 0.15) is 41.6 Å². The summed E-state index contributed by atoms with van der Waals surface area (Å²) in [6.45, 7) is 2.97. The van der Waals surface area contributed by atoms with Gasteiger partial charge in [-0.25, -0.2) is 0 Å². The minimum absolute atomic E-state index is 0.108. The standard InChI is InChI=1S/C15H21NO2/c1-12-5-4-6-13(11-12)15(18)16-9-3-2-7-14(16)8-10-17/h4-6,11,14,17H,2-3,7-10H2,1H3. The van der Waals surface area contributed by atoms with Crippen LogP contribution in [0.5, 0.6) is 0 Å². The molecule has 1 unspecified atom stereocenters. The number of piperidine rings is 1. The number of amides is 1. The summed E-state index contributed by atoms with van der Waals surface area (Å²) in [5, 5.41) is 9.09. The van der Waals surface area contributed by atoms with Crippen LogP contribution < -0.4 is 0 Å². The first-order valence-corrected chi connectivity index (χ1v) is 6.71. The van der Waals surface area contributed by atoms with E-state index in [1.165, 1.54) is 0 Å². The molecule has 18 heavy (non-hydrogen) atoms. The molecule has 3 heteroatoms. The lowest BCUT2D eigenvalue weighted by atomic mass is 9.98. The number of benzene rings is 1. The van der Waals surface area contributed by atoms with Gasteiger partial charge in [-0.2, -0.15) is 0 Å². The molecule has 1 aliphatic heterocycles. The van der Waals surface area contributed by atoms with E-state index in [-0.39, 0.29) is 18.6 Å². The first-order valence-electron chi connectivity index (χ1n) is 6.71. The second kappa shape index (κ2) is 6.01. The summed E-state index contributed by atoms with van der Waals surface area (Å²) in [5.41, 5.74) is 1.87. The molecular formula is C15H21NO2. The number of carbonyl (C=O) groups excluding carboxylic acids is 1. The molecule has 1 aromatic rings. The molecule has 1 heterocycles. The third-order valence-electron chi connectivity index (χ3n) is 3.62. The van der Waals surface area contributed by atoms with E-state index in [0.29, 0.717) is 6.42 Å². The average Bonchev–Trinajstić information content (AvgIpc) is 2.39. The van der Waals surface area contributed by atoms with Gasteiger partial charge in [0.25, 0.3) is 5.91 Å². The normalized spacial score (nSPS) is 19.9. The molecule has 1 aromatic carbocycles. The maximum absolute atomic E-state index is 12.5. The van der Waals surface area contributed by atoms with Crippen LogP contribution in [-0.4, -0.2) is 35.1 Å². The van der Waals surface area contributed by atoms with E-state index in [9.17, 15) is 4.79 Å². The molecule has 3 nitrogen and oxygen atoms in total. The molecule has 0 radical (unpaired) electrons. The van der Waals surface area contributed by atoms with Crippen LogP contribution in [0.25, 0.3) is 0 Å². The van der Waals surface area contributed by atoms with Gasteiger partial charge in [-0.05, 0) is 44.7 Å². The molecule has 1 aliphatic rings. The Kier molecular flexibility index (Phi) is 4.37. The van der Waals surface area contributed by atoms with Crippen LogP contribution in [0.3, 0.4) is 0 Å². The number of hydrogen-bond acceptors (Lipinski definition) is 2. The van der Waals surface area contributed by atoms with Crippen molar-refractivity contribution < 1.29 is 9.90 Å². The lowest BCUT2D eigenvalue weighted by Crippen LogP contribution is -2.44. The van der Waals surface area contributed by atoms with E-state index in [4.69, 9.17) is 5.11 Å². The van der Waals surface area contributed by atoms with E-state index >= 15 is 0 Å². The van der Waals surface area contributed by atoms with E-state index in [0.717, 1.165) is 36.9 Å². The second-order valence-electron chi connectivity index (χ2n) is 5.03. The van der Waals surface area contributed by atoms with Gasteiger partial charge in [0.05, 0.1) is 0 Å². The highest BCUT2D eigenvalue weighted by Gasteiger charge is 2.26. The predicted octanol–water partition coefficient (Wildman–Crippen LogP) is 2.37. The van der Waals surface area contributed by atoms with Crippen molar-refractivity contribution in [1.29, 1.82) is 0 Å². The molecule has 98 valence electrons. The van der Waals surface area contributed by atoms with Gasteiger partial charge in [-0.3, -0.25) is 4.79 Å². The minimum Gasteiger partial charge on any atom is -0.396 e. The molecule has 0 bridgehead atoms. The van der Waals surface area contributed by atoms with Crippen molar-refractivity contribution in [2.45, 2.75) is 38.6 Å². The summed E-state index contributed by atoms with van der Waals surface area (Å²) in [5.74, 6) is 0.108. The summed E-state index contributed by atoms with van der Waals surface area (Å²) >= 11 is 0. The van der Waals surface area contributed by atoms with Crippen molar-refractivity contribution in [3.8, 4) is 0 Å². The van der Waals surface area contributed by atoms with Gasteiger partial charge in [-0.15, -0.1) is 0 Å². The minimum atomic E-state index is 0.108. The molecular weight excluding hydrogens is 226 g/mol. The molecule has 1 N–H and O–H groups in total. The first kappa shape index (κ1) is 13.1. The Morgan fingerprint density at radius 2 is 2.28 bits per heavy atom. The topological polar surface area (TPSA) is 40.5 Å². The zero-order chi connectivity index (χ0) is 13.0. The van der Waals surface area contributed by atoms with Crippen LogP contribution in [0.4, 0.5) is 0 Å². The monoisotopic (exact) mass is 247 g/mol. The lowest BCUT2D eigenvalue weighted by molar-refractivity contribution is 0.0574. The number of hydrogen-bond donors (Lipinski definition) is 1. The van der Waals surface area contributed by atoms with Crippen molar-refractivity contribution in [1.82, 2.24) is 4.90 Å². The summed E-state index contributed by atoms with van der Waals surface area (Å²) in [7, 11) is 0. The molecule has 1 atom stereocenters. The number of aryl methyl sites for hydroxylation is 1. The first-order chi connectivity index (χ1) is 8.72. The highest BCUT2D eigenvalue weighted by Crippen LogP contribution is 2.22. The van der Waals surface area contributed by atoms with Crippen LogP contribution in [0.15, 0.2) is 24.3 Å². The quantitative estimate of drug-likeness (QED) is 0.891. The highest BCUT2D eigenvalue weighted by molar-refractivity contribution is 5.94. The molecule has 1 amide bonds. The fraction of sp³-hybridized carbons (Fsp3) is 0.533. The van der Waals surface area contributed by atoms with E-state index in [1.807, 2.05) is 36.1 Å². The van der Waals surface area contributed by atoms with Crippen molar-refractivity contribution in [3.05, 3.63) is 35.4 Å². The molecule has 0 spiro atoms. The number of aliphatic hydroxyl groups excluding tert-OH is 1. The highest BCUT2D eigenvalue weighted by atomic mass is 16.3. The zero-order valence-electron chi connectivity index (χ0n) is 10.9. The Labute approximate surface area is 108 Å². The van der Waals surface area contributed by atoms with Gasteiger partial charge in [0.2, 0.25) is 0 Å². The van der Waals surface area contributed by atoms with Crippen LogP contribution in [-0.2, 0) is 0 Å². The van der Waals surface area contributed by atoms with Crippen molar-refractivity contribution in [2.75, 3.05) is 13.2 Å². The Bertz CT molecular complexity index is 415. The van der Waals surface area contributed by atoms with Crippen LogP contribution in [0, 0.1) is 6.92 Å². The van der Waals surface area contributed by atoms with Crippen LogP contribution >= 0.6 is 0 Å². The number of nitrogens with zero attached hydrogens (tertiary/aromatic N) is 1. The maximum atomic E-state index is 12.5. The molecule has 1 saturated heterocycles. The SMILES string of the molecule is Cc1cccc(C(=O)N2CCCCC2CCO)c1. The van der Waals surface area contributed by atoms with Gasteiger partial charge in [0.15, 0.2) is 0 Å². The van der Waals surface area contributed by atoms with Gasteiger partial charge in [-0.1, -0.05) is 17.7 Å². The van der Waals surface area contributed by atoms with E-state index < -0.39 is 0 Å². The molecule has 0 aromatic heterocycles. The van der Waals surface area contributed by atoms with Crippen molar-refractivity contribution in [3.63, 3.8) is 0 Å². The van der Waals surface area contributed by atoms with E-state index in [1.54, 1.807) is 0 Å². The fourth-order valence-electron chi connectivity index (χ4n) is 2.66. The summed E-state index contributed by atoms with van der Waals surface area (Å²) in [6, 6.07) is 7.94. The van der Waals surface area contributed by atoms with Gasteiger partial charge < -0.3 is 10.0 Å². The zero-order valence-corrected chi connectivity index (χ0v) is 10.9. The van der Waals surface area contributed by atoms with Crippen molar-refractivity contribution in [2.24, 2.45) is 0 Å². The summed E-state index contributed by atoms with van der Waals surface area (Å²) < 4.78 is 0. The molecule has 1 fully saturated rings. The molecule has 2 rings (SSSR count). The number of carbonyl (C=O) groups is 1. The summed E-state index contributed by atoms with van der Waals surface area (Å²) in [6.07, 6.45) is 3.93. The number of rotatable bonds is 3. The predicted molar refractivity (Wildman–Crippen MR) is 71.6 cm³/mol. The summed E-state index contributed by atoms with van der Waals surface area (Å²) in [4.78, 5) is 14.4. The number of aliphatic hydroxyl groups is 1. The molecule has 0 aliphatic carbocycles. The van der Waals surface area contributed by atoms with E-state index in [2.05, 4.69) is 0 Å². The maximum Gasteiger partial charge on any atom is 0.254 e. The Morgan fingerprint density at radius 3 is 3.00 bits per heavy atom. The number of likely N-dealkylation sites (tertiary alicyclic amines) is 1. The second-order valence-corrected chi connectivity index (χ2v) is 5.03. The largest absolute Gasteiger partial charge is 0.396 e. The third kappa shape index (κ3) is 2.91. The van der Waals surface area contributed by atoms with Gasteiger partial charge in [0.1, 0.15) is 0 Å². The lowest BCUT2D eigenvalue weighted by Gasteiger charge is -2.35. The van der Waals surface area contributed by atoms with Crippen LogP contribution in [0.2, 0.25) is 0 Å². The van der Waals surface area contributed by atoms with Gasteiger partial charge >= 0.3 is 0 Å².